The minimum atomic E-state index is 0.268. The first-order chi connectivity index (χ1) is 9.22. The molecule has 1 aliphatic carbocycles. The molecular formula is C16H21N3. The van der Waals surface area contributed by atoms with Crippen LogP contribution in [-0.4, -0.2) is 15.1 Å². The molecule has 0 atom stereocenters. The second kappa shape index (κ2) is 4.72. The van der Waals surface area contributed by atoms with Crippen molar-refractivity contribution in [1.29, 1.82) is 0 Å². The lowest BCUT2D eigenvalue weighted by atomic mass is 9.75. The summed E-state index contributed by atoms with van der Waals surface area (Å²) in [5.74, 6) is 0.977. The second-order valence-corrected chi connectivity index (χ2v) is 5.52. The lowest BCUT2D eigenvalue weighted by Crippen LogP contribution is -2.45. The van der Waals surface area contributed by atoms with Crippen molar-refractivity contribution in [3.05, 3.63) is 42.2 Å². The molecule has 1 saturated carbocycles. The molecule has 1 aromatic carbocycles. The van der Waals surface area contributed by atoms with E-state index in [1.54, 1.807) is 0 Å². The Morgan fingerprint density at radius 2 is 2.00 bits per heavy atom. The summed E-state index contributed by atoms with van der Waals surface area (Å²) in [5.41, 5.74) is 2.48. The van der Waals surface area contributed by atoms with Crippen molar-refractivity contribution in [2.45, 2.75) is 45.1 Å². The third kappa shape index (κ3) is 2.25. The van der Waals surface area contributed by atoms with Gasteiger partial charge in [0.25, 0.3) is 0 Å². The molecule has 100 valence electrons. The maximum atomic E-state index is 4.65. The van der Waals surface area contributed by atoms with Crippen molar-refractivity contribution in [3.8, 4) is 5.69 Å². The number of rotatable bonds is 4. The SMILES string of the molecule is CCC1(Nc2nc(C)cn2-c2ccccc2)CCC1. The molecule has 3 heteroatoms. The van der Waals surface area contributed by atoms with E-state index in [2.05, 4.69) is 52.3 Å². The summed E-state index contributed by atoms with van der Waals surface area (Å²) in [5, 5.41) is 3.68. The van der Waals surface area contributed by atoms with E-state index < -0.39 is 0 Å². The first kappa shape index (κ1) is 12.3. The first-order valence-electron chi connectivity index (χ1n) is 7.12. The highest BCUT2D eigenvalue weighted by Crippen LogP contribution is 2.38. The monoisotopic (exact) mass is 255 g/mol. The molecule has 1 heterocycles. The topological polar surface area (TPSA) is 29.9 Å². The fourth-order valence-corrected chi connectivity index (χ4v) is 2.78. The third-order valence-electron chi connectivity index (χ3n) is 4.23. The van der Waals surface area contributed by atoms with Crippen LogP contribution in [0, 0.1) is 6.92 Å². The van der Waals surface area contributed by atoms with Crippen molar-refractivity contribution in [1.82, 2.24) is 9.55 Å². The zero-order valence-electron chi connectivity index (χ0n) is 11.7. The molecule has 0 unspecified atom stereocenters. The molecule has 3 nitrogen and oxygen atoms in total. The molecule has 1 fully saturated rings. The van der Waals surface area contributed by atoms with Gasteiger partial charge in [-0.3, -0.25) is 4.57 Å². The van der Waals surface area contributed by atoms with E-state index in [9.17, 15) is 0 Å². The van der Waals surface area contributed by atoms with E-state index in [0.29, 0.717) is 0 Å². The molecule has 1 aromatic heterocycles. The molecule has 1 N–H and O–H groups in total. The van der Waals surface area contributed by atoms with Gasteiger partial charge in [0.1, 0.15) is 0 Å². The summed E-state index contributed by atoms with van der Waals surface area (Å²) >= 11 is 0. The summed E-state index contributed by atoms with van der Waals surface area (Å²) in [6.45, 7) is 4.30. The maximum absolute atomic E-state index is 4.65. The number of imidazole rings is 1. The summed E-state index contributed by atoms with van der Waals surface area (Å²) in [6, 6.07) is 10.4. The van der Waals surface area contributed by atoms with Gasteiger partial charge in [-0.05, 0) is 44.7 Å². The van der Waals surface area contributed by atoms with Gasteiger partial charge in [-0.1, -0.05) is 25.1 Å². The fraction of sp³-hybridized carbons (Fsp3) is 0.438. The molecule has 19 heavy (non-hydrogen) atoms. The summed E-state index contributed by atoms with van der Waals surface area (Å²) in [7, 11) is 0. The van der Waals surface area contributed by atoms with Gasteiger partial charge in [-0.25, -0.2) is 4.98 Å². The van der Waals surface area contributed by atoms with Crippen molar-refractivity contribution < 1.29 is 0 Å². The summed E-state index contributed by atoms with van der Waals surface area (Å²) < 4.78 is 2.16. The van der Waals surface area contributed by atoms with Crippen molar-refractivity contribution >= 4 is 5.95 Å². The van der Waals surface area contributed by atoms with Gasteiger partial charge < -0.3 is 5.32 Å². The van der Waals surface area contributed by atoms with E-state index in [-0.39, 0.29) is 5.54 Å². The Bertz CT molecular complexity index is 547. The van der Waals surface area contributed by atoms with Gasteiger partial charge in [0.15, 0.2) is 0 Å². The van der Waals surface area contributed by atoms with Crippen LogP contribution < -0.4 is 5.32 Å². The molecule has 0 saturated heterocycles. The van der Waals surface area contributed by atoms with Gasteiger partial charge in [0, 0.05) is 17.4 Å². The van der Waals surface area contributed by atoms with Gasteiger partial charge in [-0.15, -0.1) is 0 Å². The number of hydrogen-bond donors (Lipinski definition) is 1. The van der Waals surface area contributed by atoms with E-state index in [1.807, 2.05) is 13.0 Å². The molecule has 3 rings (SSSR count). The number of benzene rings is 1. The highest BCUT2D eigenvalue weighted by Gasteiger charge is 2.36. The molecule has 0 aliphatic heterocycles. The molecule has 0 amide bonds. The standard InChI is InChI=1S/C16H21N3/c1-3-16(10-7-11-16)18-15-17-13(2)12-19(15)14-8-5-4-6-9-14/h4-6,8-9,12H,3,7,10-11H2,1-2H3,(H,17,18). The van der Waals surface area contributed by atoms with Gasteiger partial charge in [0.05, 0.1) is 5.69 Å². The minimum Gasteiger partial charge on any atom is -0.350 e. The van der Waals surface area contributed by atoms with E-state index >= 15 is 0 Å². The average molecular weight is 255 g/mol. The Labute approximate surface area is 114 Å². The zero-order chi connectivity index (χ0) is 13.3. The lowest BCUT2D eigenvalue weighted by molar-refractivity contribution is 0.267. The largest absolute Gasteiger partial charge is 0.350 e. The first-order valence-corrected chi connectivity index (χ1v) is 7.12. The minimum absolute atomic E-state index is 0.268. The predicted molar refractivity (Wildman–Crippen MR) is 78.8 cm³/mol. The number of aryl methyl sites for hydroxylation is 1. The number of hydrogen-bond acceptors (Lipinski definition) is 2. The normalized spacial score (nSPS) is 16.9. The Balaban J connectivity index is 1.94. The quantitative estimate of drug-likeness (QED) is 0.897. The van der Waals surface area contributed by atoms with Crippen molar-refractivity contribution in [2.24, 2.45) is 0 Å². The van der Waals surface area contributed by atoms with Crippen LogP contribution in [0.3, 0.4) is 0 Å². The maximum Gasteiger partial charge on any atom is 0.208 e. The van der Waals surface area contributed by atoms with Crippen molar-refractivity contribution in [2.75, 3.05) is 5.32 Å². The van der Waals surface area contributed by atoms with Crippen LogP contribution in [0.4, 0.5) is 5.95 Å². The predicted octanol–water partition coefficient (Wildman–Crippen LogP) is 3.93. The van der Waals surface area contributed by atoms with Crippen LogP contribution >= 0.6 is 0 Å². The Hall–Kier alpha value is -1.77. The van der Waals surface area contributed by atoms with Gasteiger partial charge in [-0.2, -0.15) is 0 Å². The Kier molecular flexibility index (Phi) is 3.05. The van der Waals surface area contributed by atoms with Crippen LogP contribution in [0.5, 0.6) is 0 Å². The number of anilines is 1. The van der Waals surface area contributed by atoms with Crippen LogP contribution in [0.25, 0.3) is 5.69 Å². The van der Waals surface area contributed by atoms with Gasteiger partial charge >= 0.3 is 0 Å². The third-order valence-corrected chi connectivity index (χ3v) is 4.23. The molecular weight excluding hydrogens is 234 g/mol. The van der Waals surface area contributed by atoms with E-state index in [4.69, 9.17) is 0 Å². The number of nitrogens with zero attached hydrogens (tertiary/aromatic N) is 2. The van der Waals surface area contributed by atoms with Crippen LogP contribution in [0.15, 0.2) is 36.5 Å². The van der Waals surface area contributed by atoms with Crippen LogP contribution in [0.2, 0.25) is 0 Å². The number of nitrogens with one attached hydrogen (secondary N) is 1. The fourth-order valence-electron chi connectivity index (χ4n) is 2.78. The van der Waals surface area contributed by atoms with Gasteiger partial charge in [0.2, 0.25) is 5.95 Å². The highest BCUT2D eigenvalue weighted by atomic mass is 15.2. The molecule has 2 aromatic rings. The average Bonchev–Trinajstić information content (AvgIpc) is 2.76. The molecule has 0 bridgehead atoms. The zero-order valence-corrected chi connectivity index (χ0v) is 11.7. The number of para-hydroxylation sites is 1. The number of aromatic nitrogens is 2. The summed E-state index contributed by atoms with van der Waals surface area (Å²) in [6.07, 6.45) is 7.09. The second-order valence-electron chi connectivity index (χ2n) is 5.52. The molecule has 1 aliphatic rings. The van der Waals surface area contributed by atoms with Crippen LogP contribution in [-0.2, 0) is 0 Å². The van der Waals surface area contributed by atoms with E-state index in [1.165, 1.54) is 19.3 Å². The van der Waals surface area contributed by atoms with Crippen molar-refractivity contribution in [3.63, 3.8) is 0 Å². The van der Waals surface area contributed by atoms with Crippen LogP contribution in [0.1, 0.15) is 38.3 Å². The van der Waals surface area contributed by atoms with E-state index in [0.717, 1.165) is 23.8 Å². The summed E-state index contributed by atoms with van der Waals surface area (Å²) in [4.78, 5) is 4.65. The Morgan fingerprint density at radius 1 is 1.26 bits per heavy atom. The highest BCUT2D eigenvalue weighted by molar-refractivity contribution is 5.45. The Morgan fingerprint density at radius 3 is 2.58 bits per heavy atom. The molecule has 0 radical (unpaired) electrons. The lowest BCUT2D eigenvalue weighted by Gasteiger charge is -2.42. The molecule has 0 spiro atoms. The smallest absolute Gasteiger partial charge is 0.208 e.